The number of amides is 1. The van der Waals surface area contributed by atoms with Crippen LogP contribution in [0.5, 0.6) is 0 Å². The van der Waals surface area contributed by atoms with E-state index in [4.69, 9.17) is 9.05 Å². The highest BCUT2D eigenvalue weighted by atomic mass is 31.2. The summed E-state index contributed by atoms with van der Waals surface area (Å²) in [4.78, 5) is 23.1. The first-order chi connectivity index (χ1) is 32.0. The Morgan fingerprint density at radius 2 is 0.939 bits per heavy atom. The SMILES string of the molecule is C/C=C/CC/C=C/CC/C=C/C(O)C(COP(=O)(O)OCC[N+](C)(C)C)NC(=O)CCCCCCCCCCCCCCCCCCCCC/C=C\C/C=C\C/C=C\C/C=C\C/C=C\CC. The van der Waals surface area contributed by atoms with E-state index in [1.54, 1.807) is 6.08 Å². The van der Waals surface area contributed by atoms with Crippen LogP contribution in [-0.4, -0.2) is 73.4 Å². The minimum Gasteiger partial charge on any atom is -0.387 e. The molecule has 0 aromatic carbocycles. The smallest absolute Gasteiger partial charge is 0.387 e. The van der Waals surface area contributed by atoms with Gasteiger partial charge in [0.15, 0.2) is 0 Å². The van der Waals surface area contributed by atoms with Gasteiger partial charge in [-0.15, -0.1) is 0 Å². The van der Waals surface area contributed by atoms with E-state index in [0.29, 0.717) is 17.4 Å². The number of nitrogens with one attached hydrogen (secondary N) is 1. The zero-order chi connectivity index (χ0) is 48.5. The molecule has 0 rings (SSSR count). The highest BCUT2D eigenvalue weighted by Gasteiger charge is 2.27. The highest BCUT2D eigenvalue weighted by molar-refractivity contribution is 7.47. The molecule has 380 valence electrons. The van der Waals surface area contributed by atoms with E-state index < -0.39 is 20.0 Å². The van der Waals surface area contributed by atoms with Gasteiger partial charge in [-0.3, -0.25) is 13.8 Å². The van der Waals surface area contributed by atoms with Crippen LogP contribution in [0.3, 0.4) is 0 Å². The lowest BCUT2D eigenvalue weighted by atomic mass is 10.0. The average molecular weight is 942 g/mol. The van der Waals surface area contributed by atoms with Gasteiger partial charge in [0.1, 0.15) is 13.2 Å². The van der Waals surface area contributed by atoms with Gasteiger partial charge in [-0.2, -0.15) is 0 Å². The summed E-state index contributed by atoms with van der Waals surface area (Å²) in [7, 11) is 1.54. The van der Waals surface area contributed by atoms with E-state index in [-0.39, 0.29) is 19.1 Å². The Balaban J connectivity index is 3.95. The normalized spacial score (nSPS) is 14.8. The van der Waals surface area contributed by atoms with E-state index in [0.717, 1.165) is 77.0 Å². The maximum absolute atomic E-state index is 12.9. The van der Waals surface area contributed by atoms with Crippen LogP contribution in [0.2, 0.25) is 0 Å². The molecule has 0 aliphatic heterocycles. The van der Waals surface area contributed by atoms with E-state index in [1.807, 2.05) is 40.2 Å². The number of hydrogen-bond donors (Lipinski definition) is 3. The molecule has 3 atom stereocenters. The predicted molar refractivity (Wildman–Crippen MR) is 286 cm³/mol. The van der Waals surface area contributed by atoms with Gasteiger partial charge in [0.2, 0.25) is 5.91 Å². The lowest BCUT2D eigenvalue weighted by molar-refractivity contribution is -0.870. The molecule has 0 fully saturated rings. The number of rotatable bonds is 47. The van der Waals surface area contributed by atoms with Crippen molar-refractivity contribution in [2.24, 2.45) is 0 Å². The van der Waals surface area contributed by atoms with Crippen molar-refractivity contribution in [2.75, 3.05) is 40.9 Å². The van der Waals surface area contributed by atoms with Crippen LogP contribution in [0.1, 0.15) is 206 Å². The molecule has 0 aromatic heterocycles. The minimum absolute atomic E-state index is 0.0504. The summed E-state index contributed by atoms with van der Waals surface area (Å²) in [5.41, 5.74) is 0. The zero-order valence-electron chi connectivity index (χ0n) is 43.1. The molecule has 8 nitrogen and oxygen atoms in total. The Kier molecular flexibility index (Phi) is 45.6. The van der Waals surface area contributed by atoms with Crippen LogP contribution in [0.15, 0.2) is 97.2 Å². The number of quaternary nitrogens is 1. The number of phosphoric acid groups is 1. The average Bonchev–Trinajstić information content (AvgIpc) is 3.28. The Morgan fingerprint density at radius 3 is 1.39 bits per heavy atom. The summed E-state index contributed by atoms with van der Waals surface area (Å²) in [6.07, 6.45) is 68.4. The number of carbonyl (C=O) groups is 1. The first-order valence-corrected chi connectivity index (χ1v) is 28.1. The molecule has 0 saturated carbocycles. The first kappa shape index (κ1) is 63.4. The van der Waals surface area contributed by atoms with E-state index in [1.165, 1.54) is 109 Å². The van der Waals surface area contributed by atoms with Gasteiger partial charge >= 0.3 is 7.82 Å². The molecule has 0 spiro atoms. The molecule has 1 amide bonds. The number of aliphatic hydroxyl groups is 1. The molecule has 0 aromatic rings. The van der Waals surface area contributed by atoms with Crippen molar-refractivity contribution in [3.05, 3.63) is 97.2 Å². The number of allylic oxidation sites excluding steroid dienone is 15. The molecule has 0 aliphatic rings. The third-order valence-corrected chi connectivity index (χ3v) is 12.3. The van der Waals surface area contributed by atoms with Gasteiger partial charge < -0.3 is 19.8 Å². The van der Waals surface area contributed by atoms with Crippen molar-refractivity contribution in [2.45, 2.75) is 219 Å². The summed E-state index contributed by atoms with van der Waals surface area (Å²) in [6.45, 7) is 4.42. The van der Waals surface area contributed by atoms with Crippen molar-refractivity contribution in [3.8, 4) is 0 Å². The fraction of sp³-hybridized carbons (Fsp3) is 0.702. The lowest BCUT2D eigenvalue weighted by Crippen LogP contribution is -2.45. The summed E-state index contributed by atoms with van der Waals surface area (Å²) in [5, 5.41) is 13.8. The molecule has 0 heterocycles. The van der Waals surface area contributed by atoms with Crippen molar-refractivity contribution < 1.29 is 32.9 Å². The quantitative estimate of drug-likeness (QED) is 0.0243. The van der Waals surface area contributed by atoms with Crippen molar-refractivity contribution in [1.82, 2.24) is 5.32 Å². The van der Waals surface area contributed by atoms with Crippen molar-refractivity contribution in [3.63, 3.8) is 0 Å². The van der Waals surface area contributed by atoms with Crippen LogP contribution >= 0.6 is 7.82 Å². The first-order valence-electron chi connectivity index (χ1n) is 26.6. The number of hydrogen-bond acceptors (Lipinski definition) is 5. The summed E-state index contributed by atoms with van der Waals surface area (Å²) in [5.74, 6) is -0.196. The summed E-state index contributed by atoms with van der Waals surface area (Å²) < 4.78 is 23.5. The number of aliphatic hydroxyl groups excluding tert-OH is 1. The molecular formula is C57H102N2O6P+. The van der Waals surface area contributed by atoms with E-state index >= 15 is 0 Å². The Hall–Kier alpha value is -2.58. The molecule has 0 saturated heterocycles. The second-order valence-electron chi connectivity index (χ2n) is 18.9. The number of carbonyl (C=O) groups excluding carboxylic acids is 1. The third kappa shape index (κ3) is 49.3. The molecule has 0 radical (unpaired) electrons. The number of unbranched alkanes of at least 4 members (excludes halogenated alkanes) is 21. The Bertz CT molecular complexity index is 1390. The topological polar surface area (TPSA) is 105 Å². The van der Waals surface area contributed by atoms with Crippen LogP contribution in [0.4, 0.5) is 0 Å². The van der Waals surface area contributed by atoms with Crippen LogP contribution in [0, 0.1) is 0 Å². The van der Waals surface area contributed by atoms with Crippen LogP contribution < -0.4 is 5.32 Å². The molecule has 0 aliphatic carbocycles. The van der Waals surface area contributed by atoms with Gasteiger partial charge in [-0.05, 0) is 84.0 Å². The maximum atomic E-state index is 12.9. The second-order valence-corrected chi connectivity index (χ2v) is 20.3. The molecule has 66 heavy (non-hydrogen) atoms. The molecule has 0 bridgehead atoms. The van der Waals surface area contributed by atoms with E-state index in [9.17, 15) is 19.4 Å². The predicted octanol–water partition coefficient (Wildman–Crippen LogP) is 15.9. The fourth-order valence-corrected chi connectivity index (χ4v) is 7.96. The Morgan fingerprint density at radius 1 is 0.545 bits per heavy atom. The van der Waals surface area contributed by atoms with Crippen LogP contribution in [0.25, 0.3) is 0 Å². The molecule has 3 N–H and O–H groups in total. The maximum Gasteiger partial charge on any atom is 0.472 e. The second kappa shape index (κ2) is 47.5. The Labute approximate surface area is 407 Å². The standard InChI is InChI=1S/C57H101N2O6P/c1-6-8-10-12-14-16-17-18-19-20-21-22-23-24-25-26-27-28-29-30-31-32-33-34-35-36-37-38-39-40-41-43-45-47-49-51-57(61)58-55(54-65-66(62,63)64-53-52-59(3,4)5)56(60)50-48-46-44-42-15-13-11-9-7-2/h7-10,14-16,18-19,21-22,24-25,42,48,50,55-56,60H,6,11-13,17,20,23,26-41,43-47,49,51-54H2,1-5H3,(H-,58,61,62,63)/p+1/b9-7+,10-8-,16-14-,19-18-,22-21-,25-24-,42-15+,50-48+. The highest BCUT2D eigenvalue weighted by Crippen LogP contribution is 2.43. The molecule has 3 unspecified atom stereocenters. The molecule has 9 heteroatoms. The zero-order valence-corrected chi connectivity index (χ0v) is 44.0. The minimum atomic E-state index is -4.35. The van der Waals surface area contributed by atoms with E-state index in [2.05, 4.69) is 91.2 Å². The van der Waals surface area contributed by atoms with Gasteiger partial charge in [0.25, 0.3) is 0 Å². The van der Waals surface area contributed by atoms with Gasteiger partial charge in [-0.1, -0.05) is 213 Å². The summed E-state index contributed by atoms with van der Waals surface area (Å²) in [6, 6.07) is -0.871. The van der Waals surface area contributed by atoms with Crippen molar-refractivity contribution in [1.29, 1.82) is 0 Å². The van der Waals surface area contributed by atoms with Crippen LogP contribution in [-0.2, 0) is 18.4 Å². The molecular weight excluding hydrogens is 840 g/mol. The monoisotopic (exact) mass is 942 g/mol. The van der Waals surface area contributed by atoms with Gasteiger partial charge in [0, 0.05) is 6.42 Å². The summed E-state index contributed by atoms with van der Waals surface area (Å²) >= 11 is 0. The fourth-order valence-electron chi connectivity index (χ4n) is 7.22. The third-order valence-electron chi connectivity index (χ3n) is 11.4. The van der Waals surface area contributed by atoms with Gasteiger partial charge in [-0.25, -0.2) is 4.57 Å². The van der Waals surface area contributed by atoms with Crippen molar-refractivity contribution >= 4 is 13.7 Å². The lowest BCUT2D eigenvalue weighted by Gasteiger charge is -2.25. The largest absolute Gasteiger partial charge is 0.472 e. The number of phosphoric ester groups is 1. The number of likely N-dealkylation sites (N-methyl/N-ethyl adjacent to an activating group) is 1. The van der Waals surface area contributed by atoms with Gasteiger partial charge in [0.05, 0.1) is 39.9 Å². The number of nitrogens with zero attached hydrogens (tertiary/aromatic N) is 1.